The van der Waals surface area contributed by atoms with E-state index in [9.17, 15) is 13.5 Å². The molecule has 1 aromatic carbocycles. The van der Waals surface area contributed by atoms with Crippen molar-refractivity contribution in [3.63, 3.8) is 0 Å². The van der Waals surface area contributed by atoms with Crippen molar-refractivity contribution in [2.75, 3.05) is 0 Å². The smallest absolute Gasteiger partial charge is 0.238 e. The molecule has 1 aliphatic rings. The van der Waals surface area contributed by atoms with Crippen molar-refractivity contribution in [3.8, 4) is 0 Å². The zero-order valence-corrected chi connectivity index (χ0v) is 11.3. The molecule has 1 aliphatic carbocycles. The summed E-state index contributed by atoms with van der Waals surface area (Å²) in [6.07, 6.45) is 3.45. The summed E-state index contributed by atoms with van der Waals surface area (Å²) in [5.74, 6) is 0.322. The molecule has 2 unspecified atom stereocenters. The number of sulfonamides is 1. The Morgan fingerprint density at radius 2 is 2.06 bits per heavy atom. The molecule has 100 valence electrons. The second kappa shape index (κ2) is 4.99. The predicted molar refractivity (Wildman–Crippen MR) is 69.8 cm³/mol. The van der Waals surface area contributed by atoms with E-state index < -0.39 is 10.0 Å². The van der Waals surface area contributed by atoms with Crippen molar-refractivity contribution >= 4 is 10.0 Å². The van der Waals surface area contributed by atoms with E-state index in [-0.39, 0.29) is 11.0 Å². The van der Waals surface area contributed by atoms with Crippen LogP contribution in [-0.2, 0) is 10.0 Å². The summed E-state index contributed by atoms with van der Waals surface area (Å²) in [6.45, 7) is 1.89. The molecule has 0 bridgehead atoms. The van der Waals surface area contributed by atoms with Crippen LogP contribution in [0.15, 0.2) is 23.1 Å². The maximum atomic E-state index is 11.3. The molecule has 3 N–H and O–H groups in total. The third-order valence-corrected chi connectivity index (χ3v) is 4.57. The van der Waals surface area contributed by atoms with Gasteiger partial charge in [-0.2, -0.15) is 0 Å². The van der Waals surface area contributed by atoms with Gasteiger partial charge in [0.25, 0.3) is 0 Å². The predicted octanol–water partition coefficient (Wildman–Crippen LogP) is 1.66. The van der Waals surface area contributed by atoms with E-state index in [2.05, 4.69) is 0 Å². The van der Waals surface area contributed by atoms with E-state index in [1.54, 1.807) is 12.1 Å². The zero-order valence-electron chi connectivity index (χ0n) is 10.5. The summed E-state index contributed by atoms with van der Waals surface area (Å²) < 4.78 is 22.5. The third kappa shape index (κ3) is 2.91. The second-order valence-corrected chi connectivity index (χ2v) is 6.64. The number of hydrogen-bond acceptors (Lipinski definition) is 3. The molecule has 0 saturated heterocycles. The van der Waals surface area contributed by atoms with Gasteiger partial charge in [-0.15, -0.1) is 0 Å². The molecule has 1 aromatic rings. The molecule has 0 amide bonds. The van der Waals surface area contributed by atoms with Crippen molar-refractivity contribution in [1.82, 2.24) is 0 Å². The minimum Gasteiger partial charge on any atom is -0.393 e. The highest BCUT2D eigenvalue weighted by Gasteiger charge is 2.23. The van der Waals surface area contributed by atoms with Crippen LogP contribution in [-0.4, -0.2) is 19.6 Å². The Balaban J connectivity index is 2.30. The molecule has 0 aliphatic heterocycles. The Morgan fingerprint density at radius 1 is 1.33 bits per heavy atom. The number of benzene rings is 1. The highest BCUT2D eigenvalue weighted by Crippen LogP contribution is 2.35. The van der Waals surface area contributed by atoms with Gasteiger partial charge in [-0.25, -0.2) is 13.6 Å². The molecule has 0 aromatic heterocycles. The fourth-order valence-electron chi connectivity index (χ4n) is 2.73. The van der Waals surface area contributed by atoms with Gasteiger partial charge in [0.15, 0.2) is 0 Å². The first-order chi connectivity index (χ1) is 8.38. The SMILES string of the molecule is Cc1cc(S(N)(=O)=O)ccc1C1CCCC(O)C1. The van der Waals surface area contributed by atoms with E-state index in [0.717, 1.165) is 36.8 Å². The van der Waals surface area contributed by atoms with Crippen molar-refractivity contribution in [1.29, 1.82) is 0 Å². The Kier molecular flexibility index (Phi) is 3.75. The van der Waals surface area contributed by atoms with Crippen LogP contribution in [0, 0.1) is 6.92 Å². The van der Waals surface area contributed by atoms with Crippen molar-refractivity contribution < 1.29 is 13.5 Å². The number of aliphatic hydroxyl groups excluding tert-OH is 1. The highest BCUT2D eigenvalue weighted by atomic mass is 32.2. The maximum Gasteiger partial charge on any atom is 0.238 e. The molecule has 0 spiro atoms. The minimum atomic E-state index is -3.63. The number of hydrogen-bond donors (Lipinski definition) is 2. The van der Waals surface area contributed by atoms with Gasteiger partial charge in [-0.05, 0) is 55.4 Å². The molecule has 4 nitrogen and oxygen atoms in total. The van der Waals surface area contributed by atoms with Crippen LogP contribution in [0.2, 0.25) is 0 Å². The molecular weight excluding hydrogens is 250 g/mol. The number of nitrogens with two attached hydrogens (primary N) is 1. The maximum absolute atomic E-state index is 11.3. The van der Waals surface area contributed by atoms with E-state index in [1.807, 2.05) is 13.0 Å². The monoisotopic (exact) mass is 269 g/mol. The lowest BCUT2D eigenvalue weighted by molar-refractivity contribution is 0.119. The van der Waals surface area contributed by atoms with Gasteiger partial charge in [0.1, 0.15) is 0 Å². The van der Waals surface area contributed by atoms with Crippen LogP contribution < -0.4 is 5.14 Å². The fourth-order valence-corrected chi connectivity index (χ4v) is 3.33. The summed E-state index contributed by atoms with van der Waals surface area (Å²) in [7, 11) is -3.63. The number of rotatable bonds is 2. The molecule has 1 fully saturated rings. The molecular formula is C13H19NO3S. The quantitative estimate of drug-likeness (QED) is 0.856. The van der Waals surface area contributed by atoms with Crippen LogP contribution in [0.25, 0.3) is 0 Å². The van der Waals surface area contributed by atoms with E-state index in [0.29, 0.717) is 5.92 Å². The third-order valence-electron chi connectivity index (χ3n) is 3.66. The summed E-state index contributed by atoms with van der Waals surface area (Å²) in [5, 5.41) is 14.8. The molecule has 0 radical (unpaired) electrons. The average molecular weight is 269 g/mol. The zero-order chi connectivity index (χ0) is 13.3. The largest absolute Gasteiger partial charge is 0.393 e. The Labute approximate surface area is 108 Å². The van der Waals surface area contributed by atoms with Crippen LogP contribution in [0.5, 0.6) is 0 Å². The van der Waals surface area contributed by atoms with Crippen molar-refractivity contribution in [2.45, 2.75) is 49.5 Å². The lowest BCUT2D eigenvalue weighted by Crippen LogP contribution is -2.19. The molecule has 0 heterocycles. The topological polar surface area (TPSA) is 80.4 Å². The standard InChI is InChI=1S/C13H19NO3S/c1-9-7-12(18(14,16)17)5-6-13(9)10-3-2-4-11(15)8-10/h5-7,10-11,15H,2-4,8H2,1H3,(H2,14,16,17). The van der Waals surface area contributed by atoms with E-state index >= 15 is 0 Å². The van der Waals surface area contributed by atoms with Crippen molar-refractivity contribution in [3.05, 3.63) is 29.3 Å². The van der Waals surface area contributed by atoms with Gasteiger partial charge in [-0.1, -0.05) is 12.5 Å². The lowest BCUT2D eigenvalue weighted by atomic mass is 9.81. The summed E-state index contributed by atoms with van der Waals surface area (Å²) in [6, 6.07) is 5.00. The number of primary sulfonamides is 1. The van der Waals surface area contributed by atoms with Crippen LogP contribution >= 0.6 is 0 Å². The van der Waals surface area contributed by atoms with Gasteiger partial charge in [0.2, 0.25) is 10.0 Å². The first-order valence-corrected chi connectivity index (χ1v) is 7.74. The van der Waals surface area contributed by atoms with Gasteiger partial charge in [-0.3, -0.25) is 0 Å². The second-order valence-electron chi connectivity index (χ2n) is 5.08. The van der Waals surface area contributed by atoms with Gasteiger partial charge in [0.05, 0.1) is 11.0 Å². The summed E-state index contributed by atoms with van der Waals surface area (Å²) >= 11 is 0. The van der Waals surface area contributed by atoms with Crippen LogP contribution in [0.3, 0.4) is 0 Å². The molecule has 2 rings (SSSR count). The average Bonchev–Trinajstić information content (AvgIpc) is 2.27. The van der Waals surface area contributed by atoms with Crippen LogP contribution in [0.4, 0.5) is 0 Å². The van der Waals surface area contributed by atoms with E-state index in [4.69, 9.17) is 5.14 Å². The fraction of sp³-hybridized carbons (Fsp3) is 0.538. The Bertz CT molecular complexity index is 539. The Hall–Kier alpha value is -0.910. The number of aryl methyl sites for hydroxylation is 1. The van der Waals surface area contributed by atoms with Crippen molar-refractivity contribution in [2.24, 2.45) is 5.14 Å². The highest BCUT2D eigenvalue weighted by molar-refractivity contribution is 7.89. The lowest BCUT2D eigenvalue weighted by Gasteiger charge is -2.27. The summed E-state index contributed by atoms with van der Waals surface area (Å²) in [5.41, 5.74) is 2.06. The molecule has 2 atom stereocenters. The van der Waals surface area contributed by atoms with Gasteiger partial charge in [0, 0.05) is 0 Å². The summed E-state index contributed by atoms with van der Waals surface area (Å²) in [4.78, 5) is 0.153. The first kappa shape index (κ1) is 13.5. The Morgan fingerprint density at radius 3 is 2.61 bits per heavy atom. The van der Waals surface area contributed by atoms with E-state index in [1.165, 1.54) is 0 Å². The minimum absolute atomic E-state index is 0.153. The molecule has 18 heavy (non-hydrogen) atoms. The van der Waals surface area contributed by atoms with Gasteiger partial charge >= 0.3 is 0 Å². The van der Waals surface area contributed by atoms with Crippen LogP contribution in [0.1, 0.15) is 42.7 Å². The normalized spacial score (nSPS) is 25.1. The van der Waals surface area contributed by atoms with Gasteiger partial charge < -0.3 is 5.11 Å². The number of aliphatic hydroxyl groups is 1. The first-order valence-electron chi connectivity index (χ1n) is 6.19. The molecule has 5 heteroatoms. The molecule has 1 saturated carbocycles.